The molecule has 0 fully saturated rings. The fraction of sp³-hybridized carbons (Fsp3) is 0.0769. The van der Waals surface area contributed by atoms with Gasteiger partial charge in [0.25, 0.3) is 0 Å². The van der Waals surface area contributed by atoms with Crippen LogP contribution in [0.25, 0.3) is 11.3 Å². The number of hydrogen-bond donors (Lipinski definition) is 0. The molecule has 1 heterocycles. The first-order valence-corrected chi connectivity index (χ1v) is 6.46. The number of carbonyl (C=O) groups excluding carboxylic acids is 1. The largest absolute Gasteiger partial charge is 0.465 e. The molecule has 1 aromatic heterocycles. The zero-order valence-corrected chi connectivity index (χ0v) is 12.4. The average molecular weight is 335 g/mol. The van der Waals surface area contributed by atoms with Gasteiger partial charge in [-0.25, -0.2) is 14.2 Å². The van der Waals surface area contributed by atoms with Crippen LogP contribution in [0.1, 0.15) is 10.4 Å². The number of benzene rings is 1. The van der Waals surface area contributed by atoms with Crippen molar-refractivity contribution in [2.45, 2.75) is 0 Å². The second kappa shape index (κ2) is 5.95. The summed E-state index contributed by atoms with van der Waals surface area (Å²) in [4.78, 5) is 15.4. The number of carbonyl (C=O) groups is 1. The Bertz CT molecular complexity index is 671. The number of ether oxygens (including phenoxy) is 1. The molecular formula is C13H7Cl3FNO2. The zero-order valence-electron chi connectivity index (χ0n) is 10.1. The molecule has 3 nitrogen and oxygen atoms in total. The molecule has 104 valence electrons. The van der Waals surface area contributed by atoms with Gasteiger partial charge in [-0.3, -0.25) is 0 Å². The van der Waals surface area contributed by atoms with Gasteiger partial charge in [0.15, 0.2) is 11.0 Å². The smallest absolute Gasteiger partial charge is 0.341 e. The lowest BCUT2D eigenvalue weighted by molar-refractivity contribution is 0.0595. The summed E-state index contributed by atoms with van der Waals surface area (Å²) in [6.07, 6.45) is 0. The normalized spacial score (nSPS) is 10.4. The monoisotopic (exact) mass is 333 g/mol. The minimum Gasteiger partial charge on any atom is -0.465 e. The van der Waals surface area contributed by atoms with E-state index in [-0.39, 0.29) is 11.3 Å². The first-order chi connectivity index (χ1) is 9.42. The molecule has 0 aliphatic carbocycles. The van der Waals surface area contributed by atoms with Crippen molar-refractivity contribution in [3.8, 4) is 11.3 Å². The van der Waals surface area contributed by atoms with E-state index < -0.39 is 16.9 Å². The highest BCUT2D eigenvalue weighted by Crippen LogP contribution is 2.29. The number of halogens is 4. The van der Waals surface area contributed by atoms with Crippen LogP contribution < -0.4 is 0 Å². The third-order valence-electron chi connectivity index (χ3n) is 2.48. The van der Waals surface area contributed by atoms with Crippen molar-refractivity contribution in [2.75, 3.05) is 7.11 Å². The maximum atomic E-state index is 13.7. The van der Waals surface area contributed by atoms with E-state index in [0.29, 0.717) is 15.6 Å². The summed E-state index contributed by atoms with van der Waals surface area (Å²) in [5.74, 6) is -1.78. The van der Waals surface area contributed by atoms with E-state index in [1.807, 2.05) is 0 Å². The van der Waals surface area contributed by atoms with Crippen molar-refractivity contribution in [2.24, 2.45) is 0 Å². The van der Waals surface area contributed by atoms with Crippen LogP contribution in [0.2, 0.25) is 15.2 Å². The molecule has 0 unspecified atom stereocenters. The number of nitrogens with zero attached hydrogens (tertiary/aromatic N) is 1. The lowest BCUT2D eigenvalue weighted by Gasteiger charge is -2.07. The highest BCUT2D eigenvalue weighted by Gasteiger charge is 2.19. The fourth-order valence-corrected chi connectivity index (χ4v) is 2.33. The van der Waals surface area contributed by atoms with Crippen molar-refractivity contribution in [3.63, 3.8) is 0 Å². The van der Waals surface area contributed by atoms with Gasteiger partial charge in [0.1, 0.15) is 5.56 Å². The standard InChI is InChI=1S/C13H7Cl3FNO2/c1-20-13(19)9-5-10(18-12(16)11(9)17)6-2-7(14)4-8(15)3-6/h2-5H,1H3. The fourth-order valence-electron chi connectivity index (χ4n) is 1.61. The van der Waals surface area contributed by atoms with Crippen LogP contribution in [0.5, 0.6) is 0 Å². The van der Waals surface area contributed by atoms with Gasteiger partial charge in [0.2, 0.25) is 0 Å². The lowest BCUT2D eigenvalue weighted by Crippen LogP contribution is -2.06. The summed E-state index contributed by atoms with van der Waals surface area (Å²) < 4.78 is 18.2. The van der Waals surface area contributed by atoms with Gasteiger partial charge >= 0.3 is 5.97 Å². The second-order valence-electron chi connectivity index (χ2n) is 3.81. The van der Waals surface area contributed by atoms with Gasteiger partial charge in [-0.1, -0.05) is 34.8 Å². The van der Waals surface area contributed by atoms with Crippen molar-refractivity contribution in [3.05, 3.63) is 50.8 Å². The van der Waals surface area contributed by atoms with E-state index in [2.05, 4.69) is 9.72 Å². The Morgan fingerprint density at radius 1 is 1.15 bits per heavy atom. The molecule has 20 heavy (non-hydrogen) atoms. The summed E-state index contributed by atoms with van der Waals surface area (Å²) in [6.45, 7) is 0. The van der Waals surface area contributed by atoms with Crippen LogP contribution in [-0.4, -0.2) is 18.1 Å². The summed E-state index contributed by atoms with van der Waals surface area (Å²) >= 11 is 17.5. The Morgan fingerprint density at radius 2 is 1.75 bits per heavy atom. The van der Waals surface area contributed by atoms with E-state index >= 15 is 0 Å². The van der Waals surface area contributed by atoms with E-state index in [1.54, 1.807) is 18.2 Å². The van der Waals surface area contributed by atoms with Crippen LogP contribution >= 0.6 is 34.8 Å². The Morgan fingerprint density at radius 3 is 2.30 bits per heavy atom. The predicted molar refractivity (Wildman–Crippen MR) is 76.0 cm³/mol. The van der Waals surface area contributed by atoms with Crippen LogP contribution in [-0.2, 0) is 4.74 Å². The molecule has 0 atom stereocenters. The Balaban J connectivity index is 2.63. The van der Waals surface area contributed by atoms with E-state index in [9.17, 15) is 9.18 Å². The van der Waals surface area contributed by atoms with Gasteiger partial charge in [0, 0.05) is 15.6 Å². The minimum absolute atomic E-state index is 0.265. The molecule has 7 heteroatoms. The Labute approximate surface area is 129 Å². The predicted octanol–water partition coefficient (Wildman–Crippen LogP) is 4.63. The summed E-state index contributed by atoms with van der Waals surface area (Å²) in [5, 5.41) is 0.336. The number of esters is 1. The molecule has 0 saturated heterocycles. The van der Waals surface area contributed by atoms with E-state index in [0.717, 1.165) is 7.11 Å². The van der Waals surface area contributed by atoms with Gasteiger partial charge in [-0.15, -0.1) is 0 Å². The maximum absolute atomic E-state index is 13.7. The Kier molecular flexibility index (Phi) is 4.48. The number of rotatable bonds is 2. The van der Waals surface area contributed by atoms with Gasteiger partial charge < -0.3 is 4.74 Å². The van der Waals surface area contributed by atoms with E-state index in [1.165, 1.54) is 6.07 Å². The quantitative estimate of drug-likeness (QED) is 0.593. The van der Waals surface area contributed by atoms with Crippen molar-refractivity contribution >= 4 is 40.8 Å². The summed E-state index contributed by atoms with van der Waals surface area (Å²) in [5.41, 5.74) is 0.467. The molecular weight excluding hydrogens is 328 g/mol. The number of hydrogen-bond acceptors (Lipinski definition) is 3. The van der Waals surface area contributed by atoms with Crippen molar-refractivity contribution in [1.82, 2.24) is 4.98 Å². The number of pyridine rings is 1. The van der Waals surface area contributed by atoms with Crippen molar-refractivity contribution in [1.29, 1.82) is 0 Å². The summed E-state index contributed by atoms with van der Waals surface area (Å²) in [6, 6.07) is 5.92. The minimum atomic E-state index is -0.935. The SMILES string of the molecule is COC(=O)c1cc(-c2cc(Cl)cc(Cl)c2)nc(Cl)c1F. The van der Waals surface area contributed by atoms with E-state index in [4.69, 9.17) is 34.8 Å². The second-order valence-corrected chi connectivity index (χ2v) is 5.04. The first kappa shape index (κ1) is 15.0. The molecule has 1 aromatic carbocycles. The van der Waals surface area contributed by atoms with Gasteiger partial charge in [0.05, 0.1) is 12.8 Å². The highest BCUT2D eigenvalue weighted by molar-refractivity contribution is 6.35. The van der Waals surface area contributed by atoms with Crippen LogP contribution in [0.3, 0.4) is 0 Å². The Hall–Kier alpha value is -1.36. The molecule has 0 aliphatic heterocycles. The zero-order chi connectivity index (χ0) is 14.9. The number of methoxy groups -OCH3 is 1. The summed E-state index contributed by atoms with van der Waals surface area (Å²) in [7, 11) is 1.14. The van der Waals surface area contributed by atoms with Gasteiger partial charge in [-0.2, -0.15) is 0 Å². The lowest BCUT2D eigenvalue weighted by atomic mass is 10.1. The molecule has 0 radical (unpaired) electrons. The molecule has 0 bridgehead atoms. The molecule has 0 amide bonds. The van der Waals surface area contributed by atoms with Crippen LogP contribution in [0.15, 0.2) is 24.3 Å². The number of aromatic nitrogens is 1. The molecule has 0 N–H and O–H groups in total. The van der Waals surface area contributed by atoms with Crippen molar-refractivity contribution < 1.29 is 13.9 Å². The molecule has 0 spiro atoms. The topological polar surface area (TPSA) is 39.2 Å². The first-order valence-electron chi connectivity index (χ1n) is 5.33. The van der Waals surface area contributed by atoms with Crippen LogP contribution in [0, 0.1) is 5.82 Å². The third kappa shape index (κ3) is 3.03. The molecule has 0 aliphatic rings. The third-order valence-corrected chi connectivity index (χ3v) is 3.17. The molecule has 2 aromatic rings. The van der Waals surface area contributed by atoms with Crippen LogP contribution in [0.4, 0.5) is 4.39 Å². The molecule has 0 saturated carbocycles. The maximum Gasteiger partial charge on any atom is 0.341 e. The molecule has 2 rings (SSSR count). The van der Waals surface area contributed by atoms with Gasteiger partial charge in [-0.05, 0) is 24.3 Å². The average Bonchev–Trinajstić information content (AvgIpc) is 2.39. The highest BCUT2D eigenvalue weighted by atomic mass is 35.5.